The minimum Gasteiger partial charge on any atom is -0.462 e. The summed E-state index contributed by atoms with van der Waals surface area (Å²) in [5.41, 5.74) is 4.28. The lowest BCUT2D eigenvalue weighted by Crippen LogP contribution is -2.42. The molecule has 3 aromatic rings. The van der Waals surface area contributed by atoms with Crippen LogP contribution in [0.3, 0.4) is 0 Å². The van der Waals surface area contributed by atoms with Crippen LogP contribution in [-0.2, 0) is 15.1 Å². The second-order valence-corrected chi connectivity index (χ2v) is 9.27. The number of carbonyl (C=O) groups is 2. The van der Waals surface area contributed by atoms with Gasteiger partial charge in [0.1, 0.15) is 0 Å². The van der Waals surface area contributed by atoms with E-state index in [1.165, 1.54) is 29.1 Å². The van der Waals surface area contributed by atoms with Gasteiger partial charge in [0, 0.05) is 18.9 Å². The van der Waals surface area contributed by atoms with Crippen LogP contribution in [0.2, 0.25) is 0 Å². The standard InChI is InChI=1S/C29H30N4O4/c1-2-36-26(34)24-19-30-28(31-20-24)32-29(15-6-16-29)25-11-9-21(10-12-25)22-13-17-33(18-14-22)37-27(35)23-7-4-3-5-8-23/h3-5,7-13,19-20H,2,6,14-18H2,1H3,(H,30,31,32). The Kier molecular flexibility index (Phi) is 7.28. The molecule has 0 atom stereocenters. The van der Waals surface area contributed by atoms with Crippen LogP contribution in [0, 0.1) is 0 Å². The van der Waals surface area contributed by atoms with E-state index in [4.69, 9.17) is 9.57 Å². The van der Waals surface area contributed by atoms with Crippen molar-refractivity contribution in [3.05, 3.63) is 95.3 Å². The quantitative estimate of drug-likeness (QED) is 0.434. The third-order valence-corrected chi connectivity index (χ3v) is 6.92. The molecule has 1 aliphatic carbocycles. The molecule has 8 nitrogen and oxygen atoms in total. The summed E-state index contributed by atoms with van der Waals surface area (Å²) in [6, 6.07) is 17.7. The van der Waals surface area contributed by atoms with Crippen LogP contribution in [0.15, 0.2) is 73.1 Å². The highest BCUT2D eigenvalue weighted by molar-refractivity contribution is 5.89. The first-order chi connectivity index (χ1) is 18.1. The molecule has 1 fully saturated rings. The lowest BCUT2D eigenvalue weighted by atomic mass is 9.71. The van der Waals surface area contributed by atoms with Crippen molar-refractivity contribution in [2.45, 2.75) is 38.1 Å². The minimum atomic E-state index is -0.419. The van der Waals surface area contributed by atoms with Gasteiger partial charge in [-0.1, -0.05) is 48.5 Å². The van der Waals surface area contributed by atoms with Gasteiger partial charge in [-0.05, 0) is 61.4 Å². The van der Waals surface area contributed by atoms with Crippen molar-refractivity contribution in [3.63, 3.8) is 0 Å². The second-order valence-electron chi connectivity index (χ2n) is 9.27. The van der Waals surface area contributed by atoms with Crippen molar-refractivity contribution in [2.24, 2.45) is 0 Å². The number of benzene rings is 2. The molecule has 1 saturated carbocycles. The average molecular weight is 499 g/mol. The first kappa shape index (κ1) is 24.6. The predicted octanol–water partition coefficient (Wildman–Crippen LogP) is 5.01. The molecule has 5 rings (SSSR count). The van der Waals surface area contributed by atoms with Crippen LogP contribution in [0.25, 0.3) is 5.57 Å². The number of ether oxygens (including phenoxy) is 1. The van der Waals surface area contributed by atoms with Gasteiger partial charge in [0.15, 0.2) is 0 Å². The van der Waals surface area contributed by atoms with E-state index in [9.17, 15) is 9.59 Å². The summed E-state index contributed by atoms with van der Waals surface area (Å²) in [6.45, 7) is 3.29. The van der Waals surface area contributed by atoms with Crippen molar-refractivity contribution in [2.75, 3.05) is 25.0 Å². The number of nitrogens with one attached hydrogen (secondary N) is 1. The van der Waals surface area contributed by atoms with Crippen LogP contribution in [0.4, 0.5) is 5.95 Å². The molecule has 2 aliphatic rings. The third kappa shape index (κ3) is 5.54. The number of anilines is 1. The first-order valence-corrected chi connectivity index (χ1v) is 12.7. The SMILES string of the molecule is CCOC(=O)c1cnc(NC2(c3ccc(C4=CCN(OC(=O)c5ccccc5)CC4)cc3)CCC2)nc1. The molecule has 0 bridgehead atoms. The number of nitrogens with zero attached hydrogens (tertiary/aromatic N) is 3. The van der Waals surface area contributed by atoms with E-state index in [1.807, 2.05) is 18.2 Å². The number of rotatable bonds is 8. The summed E-state index contributed by atoms with van der Waals surface area (Å²) in [7, 11) is 0. The lowest BCUT2D eigenvalue weighted by Gasteiger charge is -2.43. The summed E-state index contributed by atoms with van der Waals surface area (Å²) in [6.07, 6.45) is 9.01. The van der Waals surface area contributed by atoms with Crippen LogP contribution in [0.5, 0.6) is 0 Å². The maximum atomic E-state index is 12.3. The molecule has 2 aromatic carbocycles. The zero-order valence-corrected chi connectivity index (χ0v) is 20.9. The Morgan fingerprint density at radius 3 is 2.30 bits per heavy atom. The highest BCUT2D eigenvalue weighted by Gasteiger charge is 2.39. The Hall–Kier alpha value is -4.04. The smallest absolute Gasteiger partial charge is 0.357 e. The van der Waals surface area contributed by atoms with E-state index >= 15 is 0 Å². The summed E-state index contributed by atoms with van der Waals surface area (Å²) in [5, 5.41) is 5.20. The second kappa shape index (κ2) is 10.9. The van der Waals surface area contributed by atoms with Crippen molar-refractivity contribution in [1.82, 2.24) is 15.0 Å². The van der Waals surface area contributed by atoms with Crippen molar-refractivity contribution in [1.29, 1.82) is 0 Å². The molecule has 0 radical (unpaired) electrons. The molecule has 1 aliphatic heterocycles. The molecule has 0 unspecified atom stereocenters. The maximum Gasteiger partial charge on any atom is 0.357 e. The van der Waals surface area contributed by atoms with Gasteiger partial charge in [0.2, 0.25) is 5.95 Å². The molecule has 8 heteroatoms. The zero-order valence-electron chi connectivity index (χ0n) is 20.9. The Balaban J connectivity index is 1.21. The Morgan fingerprint density at radius 2 is 1.70 bits per heavy atom. The Labute approximate surface area is 216 Å². The summed E-state index contributed by atoms with van der Waals surface area (Å²) in [4.78, 5) is 38.4. The molecular weight excluding hydrogens is 468 g/mol. The fourth-order valence-electron chi connectivity index (χ4n) is 4.69. The van der Waals surface area contributed by atoms with E-state index in [0.29, 0.717) is 36.8 Å². The molecule has 1 N–H and O–H groups in total. The van der Waals surface area contributed by atoms with Crippen LogP contribution >= 0.6 is 0 Å². The maximum absolute atomic E-state index is 12.3. The number of hydrogen-bond donors (Lipinski definition) is 1. The molecule has 190 valence electrons. The number of esters is 1. The number of hydroxylamine groups is 2. The Bertz CT molecular complexity index is 1270. The number of hydrogen-bond acceptors (Lipinski definition) is 8. The zero-order chi connectivity index (χ0) is 25.7. The first-order valence-electron chi connectivity index (χ1n) is 12.7. The molecule has 0 amide bonds. The van der Waals surface area contributed by atoms with Crippen LogP contribution in [0.1, 0.15) is 64.4 Å². The van der Waals surface area contributed by atoms with Crippen molar-refractivity contribution in [3.8, 4) is 0 Å². The molecule has 37 heavy (non-hydrogen) atoms. The van der Waals surface area contributed by atoms with Gasteiger partial charge in [0.25, 0.3) is 0 Å². The predicted molar refractivity (Wildman–Crippen MR) is 140 cm³/mol. The van der Waals surface area contributed by atoms with E-state index in [1.54, 1.807) is 24.1 Å². The fraction of sp³-hybridized carbons (Fsp3) is 0.310. The summed E-state index contributed by atoms with van der Waals surface area (Å²) in [5.74, 6) is -0.256. The van der Waals surface area contributed by atoms with Crippen LogP contribution < -0.4 is 5.32 Å². The van der Waals surface area contributed by atoms with E-state index in [-0.39, 0.29) is 11.5 Å². The lowest BCUT2D eigenvalue weighted by molar-refractivity contribution is -0.102. The summed E-state index contributed by atoms with van der Waals surface area (Å²) < 4.78 is 5.00. The molecule has 1 aromatic heterocycles. The monoisotopic (exact) mass is 498 g/mol. The van der Waals surface area contributed by atoms with E-state index < -0.39 is 5.97 Å². The van der Waals surface area contributed by atoms with Gasteiger partial charge in [-0.2, -0.15) is 0 Å². The van der Waals surface area contributed by atoms with E-state index in [0.717, 1.165) is 25.7 Å². The highest BCUT2D eigenvalue weighted by atomic mass is 16.7. The van der Waals surface area contributed by atoms with Gasteiger partial charge in [-0.25, -0.2) is 19.6 Å². The number of carbonyl (C=O) groups excluding carboxylic acids is 2. The van der Waals surface area contributed by atoms with Gasteiger partial charge >= 0.3 is 11.9 Å². The topological polar surface area (TPSA) is 93.6 Å². The normalized spacial score (nSPS) is 16.7. The van der Waals surface area contributed by atoms with Crippen molar-refractivity contribution >= 4 is 23.5 Å². The third-order valence-electron chi connectivity index (χ3n) is 6.92. The molecule has 2 heterocycles. The Morgan fingerprint density at radius 1 is 0.973 bits per heavy atom. The number of aromatic nitrogens is 2. The van der Waals surface area contributed by atoms with Gasteiger partial charge < -0.3 is 14.9 Å². The summed E-state index contributed by atoms with van der Waals surface area (Å²) >= 11 is 0. The molecule has 0 spiro atoms. The van der Waals surface area contributed by atoms with Crippen molar-refractivity contribution < 1.29 is 19.2 Å². The van der Waals surface area contributed by atoms with Gasteiger partial charge in [-0.15, -0.1) is 5.06 Å². The van der Waals surface area contributed by atoms with Gasteiger partial charge in [0.05, 0.1) is 29.8 Å². The van der Waals surface area contributed by atoms with E-state index in [2.05, 4.69) is 45.6 Å². The molecular formula is C29H30N4O4. The largest absolute Gasteiger partial charge is 0.462 e. The average Bonchev–Trinajstić information content (AvgIpc) is 2.92. The fourth-order valence-corrected chi connectivity index (χ4v) is 4.69. The highest BCUT2D eigenvalue weighted by Crippen LogP contribution is 2.44. The van der Waals surface area contributed by atoms with Gasteiger partial charge in [-0.3, -0.25) is 0 Å². The molecule has 0 saturated heterocycles. The minimum absolute atomic E-state index is 0.215. The van der Waals surface area contributed by atoms with Crippen LogP contribution in [-0.4, -0.2) is 46.7 Å².